The number of rotatable bonds is 3. The van der Waals surface area contributed by atoms with Crippen LogP contribution in [0.15, 0.2) is 35.4 Å². The number of benzene rings is 1. The van der Waals surface area contributed by atoms with E-state index >= 15 is 0 Å². The molecule has 4 rings (SSSR count). The second kappa shape index (κ2) is 6.59. The molecule has 0 N–H and O–H groups in total. The molecule has 2 aliphatic rings. The molecule has 2 fully saturated rings. The molecule has 0 aliphatic carbocycles. The Labute approximate surface area is 147 Å². The van der Waals surface area contributed by atoms with Crippen LogP contribution in [0.1, 0.15) is 25.7 Å². The fraction of sp³-hybridized carbons (Fsp3) is 0.526. The van der Waals surface area contributed by atoms with Gasteiger partial charge in [0, 0.05) is 18.6 Å². The van der Waals surface area contributed by atoms with Crippen LogP contribution in [0.5, 0.6) is 0 Å². The molecule has 2 saturated heterocycles. The lowest BCUT2D eigenvalue weighted by molar-refractivity contribution is -0.133. The molecule has 1 aromatic heterocycles. The highest BCUT2D eigenvalue weighted by Crippen LogP contribution is 2.29. The number of para-hydroxylation sites is 1. The third-order valence-corrected chi connectivity index (χ3v) is 5.68. The standard InChI is InChI=1S/C19H24N4O2/c1-21-10-4-8-16(21)17-9-5-11-23(17)18(24)12-22-13-20-15-7-3-2-6-14(15)19(22)25/h2-3,6-7,13,16-17H,4-5,8-12H2,1H3/t16-,17-/m1/s1. The molecule has 3 heterocycles. The van der Waals surface area contributed by atoms with E-state index in [1.54, 1.807) is 6.07 Å². The minimum absolute atomic E-state index is 0.0296. The van der Waals surface area contributed by atoms with Crippen LogP contribution >= 0.6 is 0 Å². The van der Waals surface area contributed by atoms with Crippen molar-refractivity contribution in [2.24, 2.45) is 0 Å². The van der Waals surface area contributed by atoms with Gasteiger partial charge in [0.25, 0.3) is 5.56 Å². The van der Waals surface area contributed by atoms with Crippen LogP contribution in [0, 0.1) is 0 Å². The summed E-state index contributed by atoms with van der Waals surface area (Å²) in [5, 5.41) is 0.561. The number of likely N-dealkylation sites (tertiary alicyclic amines) is 2. The third kappa shape index (κ3) is 2.95. The highest BCUT2D eigenvalue weighted by Gasteiger charge is 2.38. The molecule has 25 heavy (non-hydrogen) atoms. The van der Waals surface area contributed by atoms with Crippen LogP contribution in [0.4, 0.5) is 0 Å². The number of aromatic nitrogens is 2. The summed E-state index contributed by atoms with van der Waals surface area (Å²) in [4.78, 5) is 34.2. The second-order valence-corrected chi connectivity index (χ2v) is 7.18. The Morgan fingerprint density at radius 1 is 1.16 bits per heavy atom. The van der Waals surface area contributed by atoms with Crippen LogP contribution in [0.25, 0.3) is 10.9 Å². The molecule has 2 aliphatic heterocycles. The van der Waals surface area contributed by atoms with Crippen molar-refractivity contribution < 1.29 is 4.79 Å². The Morgan fingerprint density at radius 3 is 2.72 bits per heavy atom. The summed E-state index contributed by atoms with van der Waals surface area (Å²) in [5.41, 5.74) is 0.524. The quantitative estimate of drug-likeness (QED) is 0.849. The lowest BCUT2D eigenvalue weighted by Gasteiger charge is -2.33. The van der Waals surface area contributed by atoms with Gasteiger partial charge in [-0.3, -0.25) is 14.2 Å². The van der Waals surface area contributed by atoms with Crippen molar-refractivity contribution in [3.63, 3.8) is 0 Å². The van der Waals surface area contributed by atoms with Gasteiger partial charge in [-0.15, -0.1) is 0 Å². The fourth-order valence-corrected chi connectivity index (χ4v) is 4.38. The largest absolute Gasteiger partial charge is 0.337 e. The van der Waals surface area contributed by atoms with Gasteiger partial charge in [-0.05, 0) is 51.4 Å². The number of carbonyl (C=O) groups is 1. The maximum absolute atomic E-state index is 12.9. The highest BCUT2D eigenvalue weighted by atomic mass is 16.2. The Bertz CT molecular complexity index is 847. The zero-order chi connectivity index (χ0) is 17.4. The first-order valence-corrected chi connectivity index (χ1v) is 9.09. The molecule has 2 atom stereocenters. The molecule has 1 aromatic carbocycles. The van der Waals surface area contributed by atoms with Crippen LogP contribution in [0.2, 0.25) is 0 Å². The number of amides is 1. The van der Waals surface area contributed by atoms with Crippen LogP contribution < -0.4 is 5.56 Å². The summed E-state index contributed by atoms with van der Waals surface area (Å²) < 4.78 is 1.44. The molecule has 0 radical (unpaired) electrons. The number of hydrogen-bond acceptors (Lipinski definition) is 4. The normalized spacial score (nSPS) is 24.3. The van der Waals surface area contributed by atoms with E-state index in [1.807, 2.05) is 23.1 Å². The molecule has 6 nitrogen and oxygen atoms in total. The lowest BCUT2D eigenvalue weighted by Crippen LogP contribution is -2.48. The molecular weight excluding hydrogens is 316 g/mol. The second-order valence-electron chi connectivity index (χ2n) is 7.18. The molecule has 6 heteroatoms. The van der Waals surface area contributed by atoms with Gasteiger partial charge >= 0.3 is 0 Å². The first-order valence-electron chi connectivity index (χ1n) is 9.09. The van der Waals surface area contributed by atoms with E-state index in [0.717, 1.165) is 32.4 Å². The minimum Gasteiger partial charge on any atom is -0.337 e. The third-order valence-electron chi connectivity index (χ3n) is 5.68. The first-order chi connectivity index (χ1) is 12.1. The molecule has 0 bridgehead atoms. The number of fused-ring (bicyclic) bond motifs is 1. The van der Waals surface area contributed by atoms with Gasteiger partial charge in [-0.25, -0.2) is 4.98 Å². The molecule has 0 spiro atoms. The van der Waals surface area contributed by atoms with Gasteiger partial charge in [0.2, 0.25) is 5.91 Å². The Kier molecular flexibility index (Phi) is 4.29. The topological polar surface area (TPSA) is 58.4 Å². The van der Waals surface area contributed by atoms with Crippen LogP contribution in [-0.4, -0.2) is 57.5 Å². The predicted octanol–water partition coefficient (Wildman–Crippen LogP) is 1.48. The monoisotopic (exact) mass is 340 g/mol. The minimum atomic E-state index is -0.146. The average Bonchev–Trinajstić information content (AvgIpc) is 3.26. The maximum Gasteiger partial charge on any atom is 0.261 e. The summed E-state index contributed by atoms with van der Waals surface area (Å²) in [6, 6.07) is 8.00. The van der Waals surface area contributed by atoms with Crippen molar-refractivity contribution in [2.45, 2.75) is 44.3 Å². The van der Waals surface area contributed by atoms with E-state index in [0.29, 0.717) is 16.9 Å². The highest BCUT2D eigenvalue weighted by molar-refractivity contribution is 5.79. The molecule has 0 saturated carbocycles. The zero-order valence-electron chi connectivity index (χ0n) is 14.6. The Balaban J connectivity index is 1.55. The molecule has 132 valence electrons. The van der Waals surface area contributed by atoms with E-state index in [2.05, 4.69) is 16.9 Å². The smallest absolute Gasteiger partial charge is 0.261 e. The summed E-state index contributed by atoms with van der Waals surface area (Å²) in [5.74, 6) is 0.0296. The van der Waals surface area contributed by atoms with Crippen LogP contribution in [-0.2, 0) is 11.3 Å². The molecule has 0 unspecified atom stereocenters. The van der Waals surface area contributed by atoms with E-state index in [-0.39, 0.29) is 24.1 Å². The van der Waals surface area contributed by atoms with Crippen molar-refractivity contribution >= 4 is 16.8 Å². The van der Waals surface area contributed by atoms with E-state index in [1.165, 1.54) is 17.3 Å². The van der Waals surface area contributed by atoms with Gasteiger partial charge in [0.1, 0.15) is 6.54 Å². The molecule has 2 aromatic rings. The summed E-state index contributed by atoms with van der Waals surface area (Å²) in [6.45, 7) is 1.98. The predicted molar refractivity (Wildman–Crippen MR) is 96.4 cm³/mol. The van der Waals surface area contributed by atoms with E-state index in [9.17, 15) is 9.59 Å². The first kappa shape index (κ1) is 16.3. The van der Waals surface area contributed by atoms with Crippen molar-refractivity contribution in [2.75, 3.05) is 20.1 Å². The van der Waals surface area contributed by atoms with Crippen LogP contribution in [0.3, 0.4) is 0 Å². The van der Waals surface area contributed by atoms with Gasteiger partial charge in [0.15, 0.2) is 0 Å². The van der Waals surface area contributed by atoms with Gasteiger partial charge < -0.3 is 9.80 Å². The fourth-order valence-electron chi connectivity index (χ4n) is 4.38. The van der Waals surface area contributed by atoms with Crippen molar-refractivity contribution in [3.8, 4) is 0 Å². The lowest BCUT2D eigenvalue weighted by atomic mass is 10.0. The zero-order valence-corrected chi connectivity index (χ0v) is 14.6. The molecular formula is C19H24N4O2. The van der Waals surface area contributed by atoms with E-state index < -0.39 is 0 Å². The number of likely N-dealkylation sites (N-methyl/N-ethyl adjacent to an activating group) is 1. The van der Waals surface area contributed by atoms with Crippen molar-refractivity contribution in [3.05, 3.63) is 40.9 Å². The van der Waals surface area contributed by atoms with E-state index in [4.69, 9.17) is 0 Å². The average molecular weight is 340 g/mol. The summed E-state index contributed by atoms with van der Waals surface area (Å²) in [6.07, 6.45) is 5.96. The maximum atomic E-state index is 12.9. The Morgan fingerprint density at radius 2 is 1.92 bits per heavy atom. The molecule has 1 amide bonds. The number of hydrogen-bond donors (Lipinski definition) is 0. The van der Waals surface area contributed by atoms with Gasteiger partial charge in [0.05, 0.1) is 17.2 Å². The van der Waals surface area contributed by atoms with Crippen molar-refractivity contribution in [1.29, 1.82) is 0 Å². The van der Waals surface area contributed by atoms with Gasteiger partial charge in [-0.2, -0.15) is 0 Å². The number of nitrogens with zero attached hydrogens (tertiary/aromatic N) is 4. The van der Waals surface area contributed by atoms with Gasteiger partial charge in [-0.1, -0.05) is 12.1 Å². The summed E-state index contributed by atoms with van der Waals surface area (Å²) >= 11 is 0. The summed E-state index contributed by atoms with van der Waals surface area (Å²) in [7, 11) is 2.15. The SMILES string of the molecule is CN1CCC[C@@H]1[C@H]1CCCN1C(=O)Cn1cnc2ccccc2c1=O. The Hall–Kier alpha value is -2.21. The van der Waals surface area contributed by atoms with Crippen molar-refractivity contribution in [1.82, 2.24) is 19.4 Å². The number of carbonyl (C=O) groups excluding carboxylic acids is 1.